The predicted octanol–water partition coefficient (Wildman–Crippen LogP) is 3.45. The first-order valence-electron chi connectivity index (χ1n) is 10.4. The Kier molecular flexibility index (Phi) is 6.04. The fourth-order valence-corrected chi connectivity index (χ4v) is 4.08. The third kappa shape index (κ3) is 4.40. The molecule has 1 saturated carbocycles. The van der Waals surface area contributed by atoms with Gasteiger partial charge < -0.3 is 23.7 Å². The zero-order valence-electron chi connectivity index (χ0n) is 17.2. The summed E-state index contributed by atoms with van der Waals surface area (Å²) in [6, 6.07) is 6.17. The number of carbonyl (C=O) groups excluding carboxylic acids is 1. The Labute approximate surface area is 171 Å². The first-order valence-corrected chi connectivity index (χ1v) is 10.4. The molecule has 0 saturated heterocycles. The van der Waals surface area contributed by atoms with E-state index >= 15 is 0 Å². The molecule has 1 aliphatic carbocycles. The minimum absolute atomic E-state index is 0.138. The number of benzene rings is 1. The van der Waals surface area contributed by atoms with Crippen LogP contribution in [0.3, 0.4) is 0 Å². The molecule has 1 aromatic heterocycles. The van der Waals surface area contributed by atoms with Crippen molar-refractivity contribution in [2.45, 2.75) is 38.1 Å². The number of carbonyl (C=O) groups is 1. The van der Waals surface area contributed by atoms with E-state index in [0.717, 1.165) is 12.1 Å². The molecule has 1 aliphatic heterocycles. The number of fused-ring (bicyclic) bond motifs is 1. The second-order valence-electron chi connectivity index (χ2n) is 7.89. The van der Waals surface area contributed by atoms with Crippen molar-refractivity contribution in [1.82, 2.24) is 14.8 Å². The first-order chi connectivity index (χ1) is 14.1. The Morgan fingerprint density at radius 1 is 1.07 bits per heavy atom. The highest BCUT2D eigenvalue weighted by Gasteiger charge is 2.24. The van der Waals surface area contributed by atoms with Crippen molar-refractivity contribution < 1.29 is 18.7 Å². The highest BCUT2D eigenvalue weighted by molar-refractivity contribution is 5.97. The standard InChI is InChI=1S/C22H29N3O4/c1-24(17-6-4-3-5-7-17)10-11-25(2)22(26)20-21(29-15-23-20)16-8-9-18-19(14-16)28-13-12-27-18/h8-9,14-15,17H,3-7,10-13H2,1-2H3. The van der Waals surface area contributed by atoms with Gasteiger partial charge in [0.05, 0.1) is 0 Å². The third-order valence-corrected chi connectivity index (χ3v) is 5.91. The van der Waals surface area contributed by atoms with Crippen molar-refractivity contribution in [2.24, 2.45) is 0 Å². The van der Waals surface area contributed by atoms with Gasteiger partial charge in [-0.15, -0.1) is 0 Å². The summed E-state index contributed by atoms with van der Waals surface area (Å²) in [4.78, 5) is 21.3. The molecule has 2 aliphatic rings. The van der Waals surface area contributed by atoms with Crippen molar-refractivity contribution >= 4 is 5.91 Å². The average Bonchev–Trinajstić information content (AvgIpc) is 3.27. The molecule has 1 amide bonds. The lowest BCUT2D eigenvalue weighted by atomic mass is 9.94. The maximum Gasteiger partial charge on any atom is 0.276 e. The maximum atomic E-state index is 13.0. The van der Waals surface area contributed by atoms with Crippen molar-refractivity contribution in [3.8, 4) is 22.8 Å². The molecule has 0 N–H and O–H groups in total. The molecule has 4 rings (SSSR count). The minimum Gasteiger partial charge on any atom is -0.486 e. The van der Waals surface area contributed by atoms with Gasteiger partial charge in [-0.2, -0.15) is 0 Å². The summed E-state index contributed by atoms with van der Waals surface area (Å²) in [7, 11) is 3.98. The molecule has 0 atom stereocenters. The molecule has 0 spiro atoms. The van der Waals surface area contributed by atoms with Crippen LogP contribution < -0.4 is 9.47 Å². The summed E-state index contributed by atoms with van der Waals surface area (Å²) in [5.74, 6) is 1.68. The normalized spacial score (nSPS) is 16.8. The second kappa shape index (κ2) is 8.86. The van der Waals surface area contributed by atoms with Crippen molar-refractivity contribution in [3.63, 3.8) is 0 Å². The summed E-state index contributed by atoms with van der Waals surface area (Å²) in [5, 5.41) is 0. The zero-order valence-corrected chi connectivity index (χ0v) is 17.2. The number of oxazole rings is 1. The van der Waals surface area contributed by atoms with E-state index in [-0.39, 0.29) is 5.91 Å². The van der Waals surface area contributed by atoms with Gasteiger partial charge in [0.15, 0.2) is 29.3 Å². The fraction of sp³-hybridized carbons (Fsp3) is 0.545. The molecule has 29 heavy (non-hydrogen) atoms. The van der Waals surface area contributed by atoms with E-state index < -0.39 is 0 Å². The Morgan fingerprint density at radius 3 is 2.62 bits per heavy atom. The van der Waals surface area contributed by atoms with Crippen LogP contribution in [-0.2, 0) is 0 Å². The number of ether oxygens (including phenoxy) is 2. The third-order valence-electron chi connectivity index (χ3n) is 5.91. The summed E-state index contributed by atoms with van der Waals surface area (Å²) < 4.78 is 16.8. The van der Waals surface area contributed by atoms with Crippen LogP contribution in [0.15, 0.2) is 29.0 Å². The summed E-state index contributed by atoms with van der Waals surface area (Å²) >= 11 is 0. The lowest BCUT2D eigenvalue weighted by molar-refractivity contribution is 0.0763. The molecule has 0 unspecified atom stereocenters. The molecular weight excluding hydrogens is 370 g/mol. The summed E-state index contributed by atoms with van der Waals surface area (Å²) in [5.41, 5.74) is 1.08. The lowest BCUT2D eigenvalue weighted by Crippen LogP contribution is -2.40. The maximum absolute atomic E-state index is 13.0. The number of amides is 1. The molecule has 0 radical (unpaired) electrons. The van der Waals surface area contributed by atoms with E-state index in [1.807, 2.05) is 25.2 Å². The van der Waals surface area contributed by atoms with Crippen LogP contribution in [-0.4, -0.2) is 67.1 Å². The number of hydrogen-bond donors (Lipinski definition) is 0. The van der Waals surface area contributed by atoms with Crippen LogP contribution in [0.5, 0.6) is 11.5 Å². The van der Waals surface area contributed by atoms with Gasteiger partial charge >= 0.3 is 0 Å². The first kappa shape index (κ1) is 19.8. The Bertz CT molecular complexity index is 844. The van der Waals surface area contributed by atoms with E-state index in [0.29, 0.717) is 48.8 Å². The van der Waals surface area contributed by atoms with E-state index in [1.54, 1.807) is 4.90 Å². The van der Waals surface area contributed by atoms with Crippen LogP contribution >= 0.6 is 0 Å². The highest BCUT2D eigenvalue weighted by atomic mass is 16.6. The Hall–Kier alpha value is -2.54. The second-order valence-corrected chi connectivity index (χ2v) is 7.89. The number of rotatable bonds is 6. The minimum atomic E-state index is -0.138. The molecule has 7 heteroatoms. The Morgan fingerprint density at radius 2 is 1.83 bits per heavy atom. The van der Waals surface area contributed by atoms with Crippen molar-refractivity contribution in [2.75, 3.05) is 40.4 Å². The van der Waals surface area contributed by atoms with Gasteiger partial charge in [0, 0.05) is 31.7 Å². The van der Waals surface area contributed by atoms with Gasteiger partial charge in [0.1, 0.15) is 13.2 Å². The summed E-state index contributed by atoms with van der Waals surface area (Å²) in [6.45, 7) is 2.55. The molecule has 2 aromatic rings. The largest absolute Gasteiger partial charge is 0.486 e. The quantitative estimate of drug-likeness (QED) is 0.741. The van der Waals surface area contributed by atoms with E-state index in [1.165, 1.54) is 38.5 Å². The number of likely N-dealkylation sites (N-methyl/N-ethyl adjacent to an activating group) is 2. The SMILES string of the molecule is CN(CCN(C)C1CCCCC1)C(=O)c1ncoc1-c1ccc2c(c1)OCCO2. The van der Waals surface area contributed by atoms with E-state index in [9.17, 15) is 4.79 Å². The van der Waals surface area contributed by atoms with E-state index in [2.05, 4.69) is 16.9 Å². The molecule has 0 bridgehead atoms. The molecule has 1 aromatic carbocycles. The monoisotopic (exact) mass is 399 g/mol. The van der Waals surface area contributed by atoms with Crippen LogP contribution in [0.2, 0.25) is 0 Å². The number of hydrogen-bond acceptors (Lipinski definition) is 6. The molecule has 1 fully saturated rings. The fourth-order valence-electron chi connectivity index (χ4n) is 4.08. The number of nitrogens with zero attached hydrogens (tertiary/aromatic N) is 3. The van der Waals surface area contributed by atoms with E-state index in [4.69, 9.17) is 13.9 Å². The van der Waals surface area contributed by atoms with Crippen LogP contribution in [0.4, 0.5) is 0 Å². The zero-order chi connectivity index (χ0) is 20.2. The predicted molar refractivity (Wildman–Crippen MR) is 109 cm³/mol. The Balaban J connectivity index is 1.42. The van der Waals surface area contributed by atoms with Gasteiger partial charge in [-0.3, -0.25) is 4.79 Å². The van der Waals surface area contributed by atoms with Crippen LogP contribution in [0.25, 0.3) is 11.3 Å². The van der Waals surface area contributed by atoms with Gasteiger partial charge in [0.25, 0.3) is 5.91 Å². The molecular formula is C22H29N3O4. The van der Waals surface area contributed by atoms with Crippen molar-refractivity contribution in [3.05, 3.63) is 30.3 Å². The average molecular weight is 399 g/mol. The summed E-state index contributed by atoms with van der Waals surface area (Å²) in [6.07, 6.45) is 7.79. The molecule has 7 nitrogen and oxygen atoms in total. The molecule has 2 heterocycles. The smallest absolute Gasteiger partial charge is 0.276 e. The highest BCUT2D eigenvalue weighted by Crippen LogP contribution is 2.35. The topological polar surface area (TPSA) is 68.0 Å². The van der Waals surface area contributed by atoms with Gasteiger partial charge in [0.2, 0.25) is 0 Å². The lowest BCUT2D eigenvalue weighted by Gasteiger charge is -2.32. The van der Waals surface area contributed by atoms with Gasteiger partial charge in [-0.05, 0) is 38.1 Å². The van der Waals surface area contributed by atoms with Crippen molar-refractivity contribution in [1.29, 1.82) is 0 Å². The molecule has 156 valence electrons. The number of aromatic nitrogens is 1. The van der Waals surface area contributed by atoms with Crippen LogP contribution in [0, 0.1) is 0 Å². The van der Waals surface area contributed by atoms with Gasteiger partial charge in [-0.25, -0.2) is 4.98 Å². The van der Waals surface area contributed by atoms with Crippen LogP contribution in [0.1, 0.15) is 42.6 Å². The van der Waals surface area contributed by atoms with Gasteiger partial charge in [-0.1, -0.05) is 19.3 Å².